The van der Waals surface area contributed by atoms with Crippen LogP contribution in [0.3, 0.4) is 0 Å². The Bertz CT molecular complexity index is 242. The van der Waals surface area contributed by atoms with E-state index in [1.54, 1.807) is 0 Å². The molecule has 0 aliphatic carbocycles. The summed E-state index contributed by atoms with van der Waals surface area (Å²) in [4.78, 5) is 11.5. The van der Waals surface area contributed by atoms with Gasteiger partial charge in [-0.2, -0.15) is 0 Å². The predicted octanol–water partition coefficient (Wildman–Crippen LogP) is 3.40. The average Bonchev–Trinajstić information content (AvgIpc) is 2.40. The molecule has 0 aliphatic rings. The normalized spacial score (nSPS) is 11.3. The van der Waals surface area contributed by atoms with E-state index in [1.165, 1.54) is 19.3 Å². The molecule has 0 aromatic rings. The van der Waals surface area contributed by atoms with Crippen LogP contribution in [0.15, 0.2) is 0 Å². The Morgan fingerprint density at radius 1 is 0.857 bits per heavy atom. The molecule has 0 heterocycles. The van der Waals surface area contributed by atoms with Crippen LogP contribution in [-0.2, 0) is 14.3 Å². The number of rotatable bonds is 14. The molecule has 0 saturated carbocycles. The molecular weight excluding hydrogens is 266 g/mol. The van der Waals surface area contributed by atoms with Crippen LogP contribution in [0.25, 0.3) is 0 Å². The van der Waals surface area contributed by atoms with Gasteiger partial charge in [0.2, 0.25) is 5.91 Å². The van der Waals surface area contributed by atoms with Crippen molar-refractivity contribution in [2.24, 2.45) is 11.8 Å². The topological polar surface area (TPSA) is 47.6 Å². The second kappa shape index (κ2) is 14.3. The fourth-order valence-electron chi connectivity index (χ4n) is 1.93. The van der Waals surface area contributed by atoms with Crippen molar-refractivity contribution >= 4 is 5.91 Å². The van der Waals surface area contributed by atoms with E-state index in [2.05, 4.69) is 33.0 Å². The Morgan fingerprint density at radius 2 is 1.48 bits per heavy atom. The first-order valence-electron chi connectivity index (χ1n) is 8.44. The van der Waals surface area contributed by atoms with Crippen LogP contribution in [0, 0.1) is 11.8 Å². The SMILES string of the molecule is CC(C)CCCCNC(=O)COCCOCCCC(C)C. The smallest absolute Gasteiger partial charge is 0.245 e. The van der Waals surface area contributed by atoms with E-state index in [1.807, 2.05) is 0 Å². The van der Waals surface area contributed by atoms with Crippen molar-refractivity contribution in [3.8, 4) is 0 Å². The fraction of sp³-hybridized carbons (Fsp3) is 0.941. The van der Waals surface area contributed by atoms with E-state index < -0.39 is 0 Å². The largest absolute Gasteiger partial charge is 0.379 e. The third kappa shape index (κ3) is 17.3. The summed E-state index contributed by atoms with van der Waals surface area (Å²) in [5.74, 6) is 1.44. The lowest BCUT2D eigenvalue weighted by molar-refractivity contribution is -0.126. The molecule has 0 aromatic carbocycles. The number of carbonyl (C=O) groups is 1. The molecule has 0 fully saturated rings. The molecule has 0 spiro atoms. The summed E-state index contributed by atoms with van der Waals surface area (Å²) in [5, 5.41) is 2.88. The minimum atomic E-state index is -0.0284. The third-order valence-corrected chi connectivity index (χ3v) is 3.21. The highest BCUT2D eigenvalue weighted by Crippen LogP contribution is 2.05. The summed E-state index contributed by atoms with van der Waals surface area (Å²) in [5.41, 5.74) is 0. The number of carbonyl (C=O) groups excluding carboxylic acids is 1. The summed E-state index contributed by atoms with van der Waals surface area (Å²) in [6.45, 7) is 11.6. The number of nitrogens with one attached hydrogen (secondary N) is 1. The predicted molar refractivity (Wildman–Crippen MR) is 87.4 cm³/mol. The first-order chi connectivity index (χ1) is 10.0. The van der Waals surface area contributed by atoms with Gasteiger partial charge in [0.05, 0.1) is 13.2 Å². The van der Waals surface area contributed by atoms with Crippen LogP contribution in [0.1, 0.15) is 59.8 Å². The van der Waals surface area contributed by atoms with Gasteiger partial charge in [0, 0.05) is 13.2 Å². The van der Waals surface area contributed by atoms with Crippen molar-refractivity contribution in [2.75, 3.05) is 33.0 Å². The van der Waals surface area contributed by atoms with Gasteiger partial charge >= 0.3 is 0 Å². The maximum absolute atomic E-state index is 11.5. The standard InChI is InChI=1S/C17H35NO3/c1-15(2)8-5-6-10-18-17(19)14-21-13-12-20-11-7-9-16(3)4/h15-16H,5-14H2,1-4H3,(H,18,19). The van der Waals surface area contributed by atoms with Gasteiger partial charge in [0.25, 0.3) is 0 Å². The van der Waals surface area contributed by atoms with Crippen LogP contribution in [-0.4, -0.2) is 38.9 Å². The number of hydrogen-bond acceptors (Lipinski definition) is 3. The van der Waals surface area contributed by atoms with Gasteiger partial charge in [0.1, 0.15) is 6.61 Å². The van der Waals surface area contributed by atoms with Crippen LogP contribution in [0.4, 0.5) is 0 Å². The molecular formula is C17H35NO3. The zero-order chi connectivity index (χ0) is 15.9. The second-order valence-corrected chi connectivity index (χ2v) is 6.44. The van der Waals surface area contributed by atoms with Crippen LogP contribution < -0.4 is 5.32 Å². The highest BCUT2D eigenvalue weighted by Gasteiger charge is 2.01. The van der Waals surface area contributed by atoms with Crippen molar-refractivity contribution in [1.29, 1.82) is 0 Å². The number of hydrogen-bond donors (Lipinski definition) is 1. The number of ether oxygens (including phenoxy) is 2. The van der Waals surface area contributed by atoms with E-state index in [4.69, 9.17) is 9.47 Å². The Hall–Kier alpha value is -0.610. The lowest BCUT2D eigenvalue weighted by atomic mass is 10.1. The molecule has 0 bridgehead atoms. The molecule has 21 heavy (non-hydrogen) atoms. The molecule has 0 radical (unpaired) electrons. The molecule has 126 valence electrons. The molecule has 4 nitrogen and oxygen atoms in total. The lowest BCUT2D eigenvalue weighted by Crippen LogP contribution is -2.29. The molecule has 1 N–H and O–H groups in total. The first kappa shape index (κ1) is 20.4. The molecule has 0 rings (SSSR count). The summed E-state index contributed by atoms with van der Waals surface area (Å²) >= 11 is 0. The molecule has 0 aromatic heterocycles. The van der Waals surface area contributed by atoms with E-state index >= 15 is 0 Å². The van der Waals surface area contributed by atoms with E-state index in [9.17, 15) is 4.79 Å². The van der Waals surface area contributed by atoms with E-state index in [0.717, 1.165) is 37.8 Å². The monoisotopic (exact) mass is 301 g/mol. The van der Waals surface area contributed by atoms with Crippen LogP contribution in [0.5, 0.6) is 0 Å². The minimum Gasteiger partial charge on any atom is -0.379 e. The summed E-state index contributed by atoms with van der Waals surface area (Å²) in [6.07, 6.45) is 5.72. The Balaban J connectivity index is 3.19. The maximum atomic E-state index is 11.5. The van der Waals surface area contributed by atoms with Crippen molar-refractivity contribution in [1.82, 2.24) is 5.32 Å². The van der Waals surface area contributed by atoms with Gasteiger partial charge in [-0.15, -0.1) is 0 Å². The van der Waals surface area contributed by atoms with Gasteiger partial charge in [-0.3, -0.25) is 4.79 Å². The van der Waals surface area contributed by atoms with Crippen LogP contribution in [0.2, 0.25) is 0 Å². The average molecular weight is 301 g/mol. The quantitative estimate of drug-likeness (QED) is 0.500. The highest BCUT2D eigenvalue weighted by molar-refractivity contribution is 5.77. The van der Waals surface area contributed by atoms with Crippen LogP contribution >= 0.6 is 0 Å². The van der Waals surface area contributed by atoms with E-state index in [-0.39, 0.29) is 12.5 Å². The van der Waals surface area contributed by atoms with Crippen molar-refractivity contribution in [2.45, 2.75) is 59.8 Å². The van der Waals surface area contributed by atoms with Crippen molar-refractivity contribution < 1.29 is 14.3 Å². The van der Waals surface area contributed by atoms with Gasteiger partial charge in [-0.05, 0) is 31.1 Å². The van der Waals surface area contributed by atoms with Crippen molar-refractivity contribution in [3.05, 3.63) is 0 Å². The van der Waals surface area contributed by atoms with Gasteiger partial charge < -0.3 is 14.8 Å². The van der Waals surface area contributed by atoms with Gasteiger partial charge in [-0.25, -0.2) is 0 Å². The number of amides is 1. The number of unbranched alkanes of at least 4 members (excludes halogenated alkanes) is 1. The molecule has 1 amide bonds. The molecule has 0 unspecified atom stereocenters. The summed E-state index contributed by atoms with van der Waals surface area (Å²) < 4.78 is 10.7. The molecule has 0 aliphatic heterocycles. The third-order valence-electron chi connectivity index (χ3n) is 3.21. The second-order valence-electron chi connectivity index (χ2n) is 6.44. The van der Waals surface area contributed by atoms with Crippen molar-refractivity contribution in [3.63, 3.8) is 0 Å². The zero-order valence-corrected chi connectivity index (χ0v) is 14.5. The molecule has 0 atom stereocenters. The fourth-order valence-corrected chi connectivity index (χ4v) is 1.93. The highest BCUT2D eigenvalue weighted by atomic mass is 16.5. The summed E-state index contributed by atoms with van der Waals surface area (Å²) in [6, 6.07) is 0. The zero-order valence-electron chi connectivity index (χ0n) is 14.5. The molecule has 4 heteroatoms. The van der Waals surface area contributed by atoms with Gasteiger partial charge in [0.15, 0.2) is 0 Å². The Labute approximate surface area is 131 Å². The maximum Gasteiger partial charge on any atom is 0.245 e. The molecule has 0 saturated heterocycles. The first-order valence-corrected chi connectivity index (χ1v) is 8.44. The minimum absolute atomic E-state index is 0.0284. The Morgan fingerprint density at radius 3 is 2.14 bits per heavy atom. The lowest BCUT2D eigenvalue weighted by Gasteiger charge is -2.08. The summed E-state index contributed by atoms with van der Waals surface area (Å²) in [7, 11) is 0. The van der Waals surface area contributed by atoms with Gasteiger partial charge in [-0.1, -0.05) is 40.5 Å². The van der Waals surface area contributed by atoms with E-state index in [0.29, 0.717) is 13.2 Å². The Kier molecular flexibility index (Phi) is 13.9.